The molecule has 0 aliphatic rings. The first kappa shape index (κ1) is 10.2. The van der Waals surface area contributed by atoms with E-state index in [0.717, 1.165) is 11.1 Å². The van der Waals surface area contributed by atoms with E-state index < -0.39 is 0 Å². The van der Waals surface area contributed by atoms with Crippen LogP contribution in [0.2, 0.25) is 0 Å². The number of rotatable bonds is 3. The lowest BCUT2D eigenvalue weighted by molar-refractivity contribution is -0.109. The highest BCUT2D eigenvalue weighted by atomic mass is 79.9. The molecule has 0 fully saturated rings. The van der Waals surface area contributed by atoms with Crippen LogP contribution >= 0.6 is 15.9 Å². The van der Waals surface area contributed by atoms with E-state index in [1.54, 1.807) is 0 Å². The van der Waals surface area contributed by atoms with Crippen molar-refractivity contribution < 1.29 is 4.79 Å². The Morgan fingerprint density at radius 1 is 1.38 bits per heavy atom. The smallest absolute Gasteiger partial charge is 0.201 e. The van der Waals surface area contributed by atoms with E-state index in [0.29, 0.717) is 6.42 Å². The summed E-state index contributed by atoms with van der Waals surface area (Å²) in [5, 5.41) is 0. The Hall–Kier alpha value is -0.890. The van der Waals surface area contributed by atoms with Crippen LogP contribution < -0.4 is 0 Å². The molecule has 0 heterocycles. The molecule has 0 unspecified atom stereocenters. The Morgan fingerprint density at radius 3 is 2.54 bits per heavy atom. The Labute approximate surface area is 86.6 Å². The third-order valence-corrected chi connectivity index (χ3v) is 1.91. The zero-order chi connectivity index (χ0) is 9.68. The monoisotopic (exact) mass is 238 g/mol. The average Bonchev–Trinajstić information content (AvgIpc) is 2.04. The summed E-state index contributed by atoms with van der Waals surface area (Å²) in [6.07, 6.45) is 2.48. The van der Waals surface area contributed by atoms with Crippen molar-refractivity contribution in [2.24, 2.45) is 0 Å². The minimum absolute atomic E-state index is 0.0252. The van der Waals surface area contributed by atoms with Gasteiger partial charge in [-0.3, -0.25) is 4.79 Å². The van der Waals surface area contributed by atoms with E-state index in [-0.39, 0.29) is 4.69 Å². The third-order valence-electron chi connectivity index (χ3n) is 1.63. The van der Waals surface area contributed by atoms with Crippen molar-refractivity contribution in [2.45, 2.75) is 13.3 Å². The van der Waals surface area contributed by atoms with Gasteiger partial charge in [-0.15, -0.1) is 0 Å². The Bertz CT molecular complexity index is 314. The van der Waals surface area contributed by atoms with Gasteiger partial charge in [0.05, 0.1) is 0 Å². The van der Waals surface area contributed by atoms with Crippen LogP contribution in [0.1, 0.15) is 18.9 Å². The van der Waals surface area contributed by atoms with Gasteiger partial charge in [0.1, 0.15) is 0 Å². The molecule has 0 amide bonds. The maximum atomic E-state index is 10.7. The number of hydrogen-bond acceptors (Lipinski definition) is 1. The number of carbonyl (C=O) groups is 1. The lowest BCUT2D eigenvalue weighted by atomic mass is 10.1. The second-order valence-electron chi connectivity index (χ2n) is 2.93. The molecule has 13 heavy (non-hydrogen) atoms. The van der Waals surface area contributed by atoms with E-state index in [1.807, 2.05) is 43.3 Å². The number of benzene rings is 1. The summed E-state index contributed by atoms with van der Waals surface area (Å²) in [4.78, 5) is 10.7. The zero-order valence-corrected chi connectivity index (χ0v) is 9.04. The molecular weight excluding hydrogens is 228 g/mol. The fraction of sp³-hybridized carbons (Fsp3) is 0.182. The molecule has 1 rings (SSSR count). The molecule has 1 nitrogen and oxygen atoms in total. The third kappa shape index (κ3) is 4.04. The van der Waals surface area contributed by atoms with Crippen LogP contribution in [0.5, 0.6) is 0 Å². The fourth-order valence-corrected chi connectivity index (χ4v) is 1.55. The maximum absolute atomic E-state index is 10.7. The molecule has 68 valence electrons. The fourth-order valence-electron chi connectivity index (χ4n) is 1.10. The van der Waals surface area contributed by atoms with Crippen molar-refractivity contribution in [2.75, 3.05) is 0 Å². The summed E-state index contributed by atoms with van der Waals surface area (Å²) in [6.45, 7) is 1.95. The normalized spacial score (nSPS) is 11.4. The van der Waals surface area contributed by atoms with Gasteiger partial charge in [-0.25, -0.2) is 0 Å². The highest BCUT2D eigenvalue weighted by molar-refractivity contribution is 9.18. The van der Waals surface area contributed by atoms with Gasteiger partial charge in [-0.1, -0.05) is 42.0 Å². The van der Waals surface area contributed by atoms with E-state index in [1.165, 1.54) is 0 Å². The van der Waals surface area contributed by atoms with Gasteiger partial charge in [-0.2, -0.15) is 0 Å². The largest absolute Gasteiger partial charge is 0.286 e. The highest BCUT2D eigenvalue weighted by Crippen LogP contribution is 2.10. The summed E-state index contributed by atoms with van der Waals surface area (Å²) >= 11 is 2.91. The molecular formula is C11H11BrO. The van der Waals surface area contributed by atoms with E-state index in [4.69, 9.17) is 0 Å². The maximum Gasteiger partial charge on any atom is 0.201 e. The predicted octanol–water partition coefficient (Wildman–Crippen LogP) is 3.40. The van der Waals surface area contributed by atoms with E-state index >= 15 is 0 Å². The number of allylic oxidation sites excluding steroid dienone is 1. The molecule has 0 aromatic heterocycles. The van der Waals surface area contributed by atoms with Crippen LogP contribution in [0.3, 0.4) is 0 Å². The molecule has 0 spiro atoms. The Morgan fingerprint density at radius 2 is 2.00 bits per heavy atom. The minimum Gasteiger partial charge on any atom is -0.286 e. The average molecular weight is 239 g/mol. The Balaban J connectivity index is 2.71. The molecule has 0 saturated carbocycles. The summed E-state index contributed by atoms with van der Waals surface area (Å²) in [6, 6.07) is 9.97. The molecule has 1 aromatic carbocycles. The quantitative estimate of drug-likeness (QED) is 0.739. The first-order valence-corrected chi connectivity index (χ1v) is 4.88. The molecule has 0 radical (unpaired) electrons. The minimum atomic E-state index is 0.0252. The summed E-state index contributed by atoms with van der Waals surface area (Å²) in [7, 11) is 0. The highest BCUT2D eigenvalue weighted by Gasteiger charge is 1.96. The lowest BCUT2D eigenvalue weighted by Gasteiger charge is -1.96. The number of hydrogen-bond donors (Lipinski definition) is 0. The summed E-state index contributed by atoms with van der Waals surface area (Å²) < 4.78 is 0.0252. The van der Waals surface area contributed by atoms with Crippen molar-refractivity contribution in [1.82, 2.24) is 0 Å². The predicted molar refractivity (Wildman–Crippen MR) is 58.6 cm³/mol. The molecule has 0 saturated heterocycles. The summed E-state index contributed by atoms with van der Waals surface area (Å²) in [5.74, 6) is 0. The molecule has 0 bridgehead atoms. The van der Waals surface area contributed by atoms with Gasteiger partial charge in [0.25, 0.3) is 0 Å². The van der Waals surface area contributed by atoms with Crippen molar-refractivity contribution in [1.29, 1.82) is 0 Å². The van der Waals surface area contributed by atoms with Gasteiger partial charge >= 0.3 is 0 Å². The Kier molecular flexibility index (Phi) is 3.90. The molecule has 0 N–H and O–H groups in total. The van der Waals surface area contributed by atoms with Crippen LogP contribution in [-0.4, -0.2) is 4.69 Å². The molecule has 0 aliphatic heterocycles. The lowest BCUT2D eigenvalue weighted by Crippen LogP contribution is -1.86. The van der Waals surface area contributed by atoms with Crippen LogP contribution in [0.15, 0.2) is 35.9 Å². The van der Waals surface area contributed by atoms with Gasteiger partial charge in [0, 0.05) is 6.42 Å². The van der Waals surface area contributed by atoms with Crippen molar-refractivity contribution in [3.8, 4) is 0 Å². The topological polar surface area (TPSA) is 17.1 Å². The summed E-state index contributed by atoms with van der Waals surface area (Å²) in [5.41, 5.74) is 2.20. The second-order valence-corrected chi connectivity index (χ2v) is 3.82. The van der Waals surface area contributed by atoms with Crippen LogP contribution in [0.4, 0.5) is 0 Å². The van der Waals surface area contributed by atoms with Crippen LogP contribution in [0.25, 0.3) is 6.08 Å². The van der Waals surface area contributed by atoms with Crippen LogP contribution in [0, 0.1) is 0 Å². The van der Waals surface area contributed by atoms with Crippen molar-refractivity contribution in [3.05, 3.63) is 41.5 Å². The van der Waals surface area contributed by atoms with Gasteiger partial charge in [0.15, 0.2) is 0 Å². The second kappa shape index (κ2) is 4.97. The molecule has 1 aromatic rings. The molecule has 0 atom stereocenters. The molecule has 2 heteroatoms. The van der Waals surface area contributed by atoms with Gasteiger partial charge in [0.2, 0.25) is 4.69 Å². The molecule has 0 aliphatic carbocycles. The van der Waals surface area contributed by atoms with E-state index in [2.05, 4.69) is 15.9 Å². The first-order valence-electron chi connectivity index (χ1n) is 4.09. The number of halogens is 1. The van der Waals surface area contributed by atoms with E-state index in [9.17, 15) is 4.79 Å². The van der Waals surface area contributed by atoms with Crippen molar-refractivity contribution in [3.63, 3.8) is 0 Å². The van der Waals surface area contributed by atoms with Crippen LogP contribution in [-0.2, 0) is 4.79 Å². The standard InChI is InChI=1S/C11H11BrO/c1-9(8-11(12)13)7-10-5-3-2-4-6-10/h2-7H,8H2,1H3. The number of carbonyl (C=O) groups excluding carboxylic acids is 1. The van der Waals surface area contributed by atoms with Crippen molar-refractivity contribution >= 4 is 26.7 Å². The van der Waals surface area contributed by atoms with Gasteiger partial charge < -0.3 is 0 Å². The first-order chi connectivity index (χ1) is 6.18. The SMILES string of the molecule is CC(=Cc1ccccc1)CC(=O)Br. The van der Waals surface area contributed by atoms with Gasteiger partial charge in [-0.05, 0) is 28.4 Å². The zero-order valence-electron chi connectivity index (χ0n) is 7.46.